The Bertz CT molecular complexity index is 241. The van der Waals surface area contributed by atoms with Crippen LogP contribution in [0, 0.1) is 11.3 Å². The van der Waals surface area contributed by atoms with Crippen LogP contribution in [0.3, 0.4) is 0 Å². The zero-order valence-electron chi connectivity index (χ0n) is 10.5. The molecule has 5 heteroatoms. The van der Waals surface area contributed by atoms with Crippen LogP contribution in [0.2, 0.25) is 0 Å². The lowest BCUT2D eigenvalue weighted by Crippen LogP contribution is -2.37. The number of alkyl halides is 2. The van der Waals surface area contributed by atoms with Gasteiger partial charge in [-0.1, -0.05) is 20.3 Å². The zero-order chi connectivity index (χ0) is 11.8. The van der Waals surface area contributed by atoms with Gasteiger partial charge in [-0.3, -0.25) is 0 Å². The number of halogens is 3. The molecule has 1 saturated heterocycles. The monoisotopic (exact) mass is 269 g/mol. The van der Waals surface area contributed by atoms with E-state index in [4.69, 9.17) is 4.74 Å². The molecule has 17 heavy (non-hydrogen) atoms. The first-order valence-corrected chi connectivity index (χ1v) is 6.15. The van der Waals surface area contributed by atoms with Gasteiger partial charge in [0.15, 0.2) is 0 Å². The van der Waals surface area contributed by atoms with Crippen LogP contribution >= 0.6 is 12.4 Å². The summed E-state index contributed by atoms with van der Waals surface area (Å²) in [4.78, 5) is 0. The van der Waals surface area contributed by atoms with Crippen molar-refractivity contribution in [3.8, 4) is 0 Å². The first-order valence-electron chi connectivity index (χ1n) is 6.15. The quantitative estimate of drug-likeness (QED) is 0.847. The molecule has 0 bridgehead atoms. The van der Waals surface area contributed by atoms with Gasteiger partial charge in [0.1, 0.15) is 0 Å². The SMILES string of the molecule is CC1(C)C(COCC2CCCCN2)C1(F)F.Cl. The van der Waals surface area contributed by atoms with Crippen LogP contribution in [0.15, 0.2) is 0 Å². The largest absolute Gasteiger partial charge is 0.379 e. The molecule has 0 aromatic rings. The first-order chi connectivity index (χ1) is 7.46. The standard InChI is InChI=1S/C12H21F2NO.ClH/c1-11(2)10(12(11,13)14)8-16-7-9-5-3-4-6-15-9;/h9-10,15H,3-8H2,1-2H3;1H. The Balaban J connectivity index is 0.00000144. The van der Waals surface area contributed by atoms with E-state index in [-0.39, 0.29) is 19.0 Å². The zero-order valence-corrected chi connectivity index (χ0v) is 11.3. The molecule has 0 aromatic heterocycles. The fourth-order valence-corrected chi connectivity index (χ4v) is 2.46. The highest BCUT2D eigenvalue weighted by Crippen LogP contribution is 2.65. The van der Waals surface area contributed by atoms with Crippen LogP contribution in [0.1, 0.15) is 33.1 Å². The van der Waals surface area contributed by atoms with E-state index in [1.54, 1.807) is 13.8 Å². The van der Waals surface area contributed by atoms with E-state index < -0.39 is 17.3 Å². The number of nitrogens with one attached hydrogen (secondary N) is 1. The predicted molar refractivity (Wildman–Crippen MR) is 65.9 cm³/mol. The minimum absolute atomic E-state index is 0. The number of piperidine rings is 1. The summed E-state index contributed by atoms with van der Waals surface area (Å²) >= 11 is 0. The molecule has 0 spiro atoms. The van der Waals surface area contributed by atoms with E-state index >= 15 is 0 Å². The summed E-state index contributed by atoms with van der Waals surface area (Å²) < 4.78 is 31.9. The third kappa shape index (κ3) is 2.91. The highest BCUT2D eigenvalue weighted by Gasteiger charge is 2.74. The van der Waals surface area contributed by atoms with Gasteiger partial charge >= 0.3 is 0 Å². The van der Waals surface area contributed by atoms with Crippen molar-refractivity contribution in [1.82, 2.24) is 5.32 Å². The molecule has 2 fully saturated rings. The molecule has 0 aromatic carbocycles. The van der Waals surface area contributed by atoms with Gasteiger partial charge in [-0.2, -0.15) is 0 Å². The molecule has 0 amide bonds. The maximum atomic E-state index is 13.2. The van der Waals surface area contributed by atoms with E-state index in [1.165, 1.54) is 12.8 Å². The van der Waals surface area contributed by atoms with Crippen molar-refractivity contribution in [2.24, 2.45) is 11.3 Å². The van der Waals surface area contributed by atoms with Gasteiger partial charge in [-0.25, -0.2) is 8.78 Å². The van der Waals surface area contributed by atoms with Crippen LogP contribution < -0.4 is 5.32 Å². The Hall–Kier alpha value is 0.0700. The summed E-state index contributed by atoms with van der Waals surface area (Å²) in [6, 6.07) is 0.365. The normalized spacial score (nSPS) is 33.9. The Morgan fingerprint density at radius 2 is 1.88 bits per heavy atom. The highest BCUT2D eigenvalue weighted by atomic mass is 35.5. The molecule has 1 saturated carbocycles. The lowest BCUT2D eigenvalue weighted by molar-refractivity contribution is 0.0386. The van der Waals surface area contributed by atoms with Gasteiger partial charge in [0.05, 0.1) is 19.1 Å². The van der Waals surface area contributed by atoms with Gasteiger partial charge in [0.2, 0.25) is 0 Å². The van der Waals surface area contributed by atoms with Crippen molar-refractivity contribution in [2.75, 3.05) is 19.8 Å². The molecular formula is C12H22ClF2NO. The number of rotatable bonds is 4. The Kier molecular flexibility index (Phi) is 4.78. The molecule has 1 heterocycles. The molecule has 2 nitrogen and oxygen atoms in total. The molecular weight excluding hydrogens is 248 g/mol. The first kappa shape index (κ1) is 15.1. The van der Waals surface area contributed by atoms with Crippen LogP contribution in [-0.2, 0) is 4.74 Å². The van der Waals surface area contributed by atoms with Crippen molar-refractivity contribution < 1.29 is 13.5 Å². The van der Waals surface area contributed by atoms with E-state index in [0.717, 1.165) is 13.0 Å². The molecule has 1 aliphatic heterocycles. The van der Waals surface area contributed by atoms with E-state index in [1.807, 2.05) is 0 Å². The molecule has 2 unspecified atom stereocenters. The summed E-state index contributed by atoms with van der Waals surface area (Å²) in [5.41, 5.74) is -0.868. The number of ether oxygens (including phenoxy) is 1. The smallest absolute Gasteiger partial charge is 0.259 e. The van der Waals surface area contributed by atoms with Gasteiger partial charge in [-0.15, -0.1) is 12.4 Å². The minimum atomic E-state index is -2.53. The Morgan fingerprint density at radius 3 is 2.35 bits per heavy atom. The van der Waals surface area contributed by atoms with Crippen LogP contribution in [0.5, 0.6) is 0 Å². The fourth-order valence-electron chi connectivity index (χ4n) is 2.46. The van der Waals surface area contributed by atoms with Crippen LogP contribution in [0.4, 0.5) is 8.78 Å². The molecule has 2 atom stereocenters. The number of hydrogen-bond acceptors (Lipinski definition) is 2. The fraction of sp³-hybridized carbons (Fsp3) is 1.00. The molecule has 1 aliphatic carbocycles. The molecule has 1 N–H and O–H groups in total. The van der Waals surface area contributed by atoms with E-state index in [0.29, 0.717) is 12.6 Å². The molecule has 2 aliphatic rings. The third-order valence-electron chi connectivity index (χ3n) is 4.10. The molecule has 2 rings (SSSR count). The molecule has 102 valence electrons. The van der Waals surface area contributed by atoms with Crippen molar-refractivity contribution in [3.63, 3.8) is 0 Å². The highest BCUT2D eigenvalue weighted by molar-refractivity contribution is 5.85. The van der Waals surface area contributed by atoms with Crippen molar-refractivity contribution in [2.45, 2.75) is 45.1 Å². The van der Waals surface area contributed by atoms with Gasteiger partial charge in [0.25, 0.3) is 5.92 Å². The topological polar surface area (TPSA) is 21.3 Å². The Labute approximate surface area is 108 Å². The van der Waals surface area contributed by atoms with E-state index in [2.05, 4.69) is 5.32 Å². The summed E-state index contributed by atoms with van der Waals surface area (Å²) in [5, 5.41) is 3.34. The minimum Gasteiger partial charge on any atom is -0.379 e. The summed E-state index contributed by atoms with van der Waals surface area (Å²) in [6.07, 6.45) is 3.53. The lowest BCUT2D eigenvalue weighted by atomic mass is 10.1. The summed E-state index contributed by atoms with van der Waals surface area (Å²) in [7, 11) is 0. The van der Waals surface area contributed by atoms with Gasteiger partial charge < -0.3 is 10.1 Å². The predicted octanol–water partition coefficient (Wildman–Crippen LogP) is 2.86. The second-order valence-corrected chi connectivity index (χ2v) is 5.58. The summed E-state index contributed by atoms with van der Waals surface area (Å²) in [5.74, 6) is -3.13. The second kappa shape index (κ2) is 5.37. The number of hydrogen-bond donors (Lipinski definition) is 1. The average Bonchev–Trinajstić information content (AvgIpc) is 2.62. The maximum Gasteiger partial charge on any atom is 0.259 e. The summed E-state index contributed by atoms with van der Waals surface area (Å²) in [6.45, 7) is 5.01. The van der Waals surface area contributed by atoms with Gasteiger partial charge in [0, 0.05) is 11.5 Å². The lowest BCUT2D eigenvalue weighted by Gasteiger charge is -2.23. The molecule has 0 radical (unpaired) electrons. The third-order valence-corrected chi connectivity index (χ3v) is 4.10. The van der Waals surface area contributed by atoms with Crippen LogP contribution in [0.25, 0.3) is 0 Å². The van der Waals surface area contributed by atoms with Crippen molar-refractivity contribution >= 4 is 12.4 Å². The van der Waals surface area contributed by atoms with Crippen molar-refractivity contribution in [1.29, 1.82) is 0 Å². The Morgan fingerprint density at radius 1 is 1.24 bits per heavy atom. The van der Waals surface area contributed by atoms with Crippen LogP contribution in [-0.4, -0.2) is 31.7 Å². The maximum absolute atomic E-state index is 13.2. The second-order valence-electron chi connectivity index (χ2n) is 5.58. The van der Waals surface area contributed by atoms with Gasteiger partial charge in [-0.05, 0) is 19.4 Å². The van der Waals surface area contributed by atoms with Crippen molar-refractivity contribution in [3.05, 3.63) is 0 Å². The average molecular weight is 270 g/mol. The van der Waals surface area contributed by atoms with E-state index in [9.17, 15) is 8.78 Å².